The summed E-state index contributed by atoms with van der Waals surface area (Å²) in [5, 5.41) is 23.9. The smallest absolute Gasteiger partial charge is 0.268 e. The van der Waals surface area contributed by atoms with Gasteiger partial charge < -0.3 is 20.6 Å². The predicted octanol–water partition coefficient (Wildman–Crippen LogP) is 0.409. The van der Waals surface area contributed by atoms with Crippen LogP contribution in [0, 0.1) is 0 Å². The number of hydroxylamine groups is 1. The van der Waals surface area contributed by atoms with Gasteiger partial charge in [-0.1, -0.05) is 19.6 Å². The summed E-state index contributed by atoms with van der Waals surface area (Å²) < 4.78 is 0. The van der Waals surface area contributed by atoms with Gasteiger partial charge in [0.1, 0.15) is 6.04 Å². The van der Waals surface area contributed by atoms with Crippen LogP contribution in [0.3, 0.4) is 0 Å². The number of nitrogens with one attached hydrogen (secondary N) is 3. The van der Waals surface area contributed by atoms with E-state index in [0.29, 0.717) is 18.5 Å². The second-order valence-electron chi connectivity index (χ2n) is 6.88. The van der Waals surface area contributed by atoms with Crippen LogP contribution in [0.4, 0.5) is 0 Å². The standard InChI is InChI=1S/C19H28N4O5.CH4/c1-13(24)17(19(27)22-28)21-18(26)15-7-5-14(6-8-15)12-20-9-3-11-23-10-2-4-16(23)25;/h5-8,13,17,20,24,28H,2-4,9-12H2,1H3,(H,21,26)(H,22,27);1H4/t13-,17+;/m1./s1. The van der Waals surface area contributed by atoms with Crippen LogP contribution in [-0.4, -0.2) is 64.7 Å². The molecule has 0 aromatic heterocycles. The topological polar surface area (TPSA) is 131 Å². The number of benzene rings is 1. The van der Waals surface area contributed by atoms with Gasteiger partial charge in [-0.25, -0.2) is 5.48 Å². The van der Waals surface area contributed by atoms with Crippen LogP contribution in [0.1, 0.15) is 49.5 Å². The molecule has 162 valence electrons. The first-order valence-corrected chi connectivity index (χ1v) is 9.42. The maximum Gasteiger partial charge on any atom is 0.268 e. The van der Waals surface area contributed by atoms with Crippen LogP contribution >= 0.6 is 0 Å². The minimum absolute atomic E-state index is 0. The monoisotopic (exact) mass is 408 g/mol. The molecule has 0 saturated carbocycles. The van der Waals surface area contributed by atoms with Gasteiger partial charge in [0.15, 0.2) is 0 Å². The van der Waals surface area contributed by atoms with Gasteiger partial charge in [0.2, 0.25) is 5.91 Å². The third-order valence-corrected chi connectivity index (χ3v) is 4.66. The molecule has 0 aliphatic carbocycles. The minimum Gasteiger partial charge on any atom is -0.391 e. The fourth-order valence-corrected chi connectivity index (χ4v) is 3.04. The van der Waals surface area contributed by atoms with Gasteiger partial charge in [0.05, 0.1) is 6.10 Å². The lowest BCUT2D eigenvalue weighted by molar-refractivity contribution is -0.133. The quantitative estimate of drug-likeness (QED) is 0.217. The average molecular weight is 408 g/mol. The number of aliphatic hydroxyl groups is 1. The first-order chi connectivity index (χ1) is 13.4. The molecule has 1 aromatic carbocycles. The number of hydrogen-bond acceptors (Lipinski definition) is 6. The van der Waals surface area contributed by atoms with Gasteiger partial charge in [0, 0.05) is 31.6 Å². The number of hydrogen-bond donors (Lipinski definition) is 5. The first-order valence-electron chi connectivity index (χ1n) is 9.42. The van der Waals surface area contributed by atoms with Crippen molar-refractivity contribution in [3.63, 3.8) is 0 Å². The highest BCUT2D eigenvalue weighted by molar-refractivity contribution is 5.97. The summed E-state index contributed by atoms with van der Waals surface area (Å²) in [6.07, 6.45) is 1.35. The van der Waals surface area contributed by atoms with Crippen molar-refractivity contribution in [3.05, 3.63) is 35.4 Å². The summed E-state index contributed by atoms with van der Waals surface area (Å²) in [6, 6.07) is 5.61. The molecule has 1 aliphatic heterocycles. The van der Waals surface area contributed by atoms with Gasteiger partial charge in [-0.2, -0.15) is 0 Å². The van der Waals surface area contributed by atoms with Gasteiger partial charge >= 0.3 is 0 Å². The van der Waals surface area contributed by atoms with Crippen LogP contribution in [0.15, 0.2) is 24.3 Å². The molecule has 1 aromatic rings. The van der Waals surface area contributed by atoms with E-state index in [9.17, 15) is 19.5 Å². The Balaban J connectivity index is 0.00000420. The Morgan fingerprint density at radius 3 is 2.48 bits per heavy atom. The Labute approximate surface area is 171 Å². The fraction of sp³-hybridized carbons (Fsp3) is 0.550. The van der Waals surface area contributed by atoms with Crippen LogP contribution < -0.4 is 16.1 Å². The zero-order valence-electron chi connectivity index (χ0n) is 16.0. The van der Waals surface area contributed by atoms with E-state index in [4.69, 9.17) is 5.21 Å². The van der Waals surface area contributed by atoms with E-state index in [0.717, 1.165) is 38.0 Å². The minimum atomic E-state index is -1.25. The van der Waals surface area contributed by atoms with Crippen molar-refractivity contribution in [1.29, 1.82) is 0 Å². The Morgan fingerprint density at radius 2 is 1.93 bits per heavy atom. The summed E-state index contributed by atoms with van der Waals surface area (Å²) in [5.41, 5.74) is 2.76. The van der Waals surface area contributed by atoms with E-state index in [1.54, 1.807) is 24.3 Å². The molecule has 9 heteroatoms. The van der Waals surface area contributed by atoms with Crippen molar-refractivity contribution >= 4 is 17.7 Å². The van der Waals surface area contributed by atoms with Gasteiger partial charge in [-0.05, 0) is 44.0 Å². The number of carbonyl (C=O) groups excluding carboxylic acids is 3. The highest BCUT2D eigenvalue weighted by atomic mass is 16.5. The molecule has 1 heterocycles. The zero-order chi connectivity index (χ0) is 20.5. The van der Waals surface area contributed by atoms with Crippen LogP contribution in [0.25, 0.3) is 0 Å². The lowest BCUT2D eigenvalue weighted by Gasteiger charge is -2.19. The number of likely N-dealkylation sites (tertiary alicyclic amines) is 1. The highest BCUT2D eigenvalue weighted by Crippen LogP contribution is 2.09. The van der Waals surface area contributed by atoms with Gasteiger partial charge in [-0.3, -0.25) is 19.6 Å². The number of aliphatic hydroxyl groups excluding tert-OH is 1. The second kappa shape index (κ2) is 12.2. The Hall–Kier alpha value is -2.49. The molecule has 1 fully saturated rings. The molecular weight excluding hydrogens is 376 g/mol. The van der Waals surface area contributed by atoms with E-state index in [2.05, 4.69) is 10.6 Å². The van der Waals surface area contributed by atoms with Crippen molar-refractivity contribution in [2.75, 3.05) is 19.6 Å². The van der Waals surface area contributed by atoms with Gasteiger partial charge in [0.25, 0.3) is 11.8 Å². The molecule has 0 unspecified atom stereocenters. The van der Waals surface area contributed by atoms with E-state index in [1.165, 1.54) is 12.4 Å². The molecule has 3 amide bonds. The largest absolute Gasteiger partial charge is 0.391 e. The van der Waals surface area contributed by atoms with Crippen molar-refractivity contribution in [1.82, 2.24) is 21.0 Å². The lowest BCUT2D eigenvalue weighted by Crippen LogP contribution is -2.51. The number of rotatable bonds is 10. The summed E-state index contributed by atoms with van der Waals surface area (Å²) in [6.45, 7) is 4.40. The molecule has 1 saturated heterocycles. The van der Waals surface area contributed by atoms with E-state index < -0.39 is 24.0 Å². The van der Waals surface area contributed by atoms with Crippen LogP contribution in [-0.2, 0) is 16.1 Å². The Morgan fingerprint density at radius 1 is 1.24 bits per heavy atom. The predicted molar refractivity (Wildman–Crippen MR) is 108 cm³/mol. The molecule has 1 aliphatic rings. The van der Waals surface area contributed by atoms with E-state index >= 15 is 0 Å². The van der Waals surface area contributed by atoms with Gasteiger partial charge in [-0.15, -0.1) is 0 Å². The first kappa shape index (κ1) is 24.5. The van der Waals surface area contributed by atoms with Crippen molar-refractivity contribution in [3.8, 4) is 0 Å². The van der Waals surface area contributed by atoms with Crippen molar-refractivity contribution in [2.45, 2.75) is 52.3 Å². The Kier molecular flexibility index (Phi) is 10.3. The maximum absolute atomic E-state index is 12.2. The molecular formula is C20H32N4O5. The lowest BCUT2D eigenvalue weighted by atomic mass is 10.1. The highest BCUT2D eigenvalue weighted by Gasteiger charge is 2.25. The van der Waals surface area contributed by atoms with Crippen LogP contribution in [0.5, 0.6) is 0 Å². The van der Waals surface area contributed by atoms with E-state index in [1.807, 2.05) is 4.90 Å². The van der Waals surface area contributed by atoms with Crippen molar-refractivity contribution < 1.29 is 24.7 Å². The van der Waals surface area contributed by atoms with Crippen molar-refractivity contribution in [2.24, 2.45) is 0 Å². The average Bonchev–Trinajstić information content (AvgIpc) is 3.10. The number of amides is 3. The summed E-state index contributed by atoms with van der Waals surface area (Å²) in [4.78, 5) is 37.1. The Bertz CT molecular complexity index is 678. The molecule has 5 N–H and O–H groups in total. The molecule has 2 atom stereocenters. The third-order valence-electron chi connectivity index (χ3n) is 4.66. The molecule has 29 heavy (non-hydrogen) atoms. The van der Waals surface area contributed by atoms with Crippen LogP contribution in [0.2, 0.25) is 0 Å². The van der Waals surface area contributed by atoms with E-state index in [-0.39, 0.29) is 13.3 Å². The third kappa shape index (κ3) is 7.45. The summed E-state index contributed by atoms with van der Waals surface area (Å²) in [5.74, 6) is -1.17. The summed E-state index contributed by atoms with van der Waals surface area (Å²) in [7, 11) is 0. The molecule has 9 nitrogen and oxygen atoms in total. The molecule has 0 bridgehead atoms. The number of carbonyl (C=O) groups is 3. The zero-order valence-corrected chi connectivity index (χ0v) is 16.0. The fourth-order valence-electron chi connectivity index (χ4n) is 3.04. The molecule has 0 spiro atoms. The number of nitrogens with zero attached hydrogens (tertiary/aromatic N) is 1. The molecule has 2 rings (SSSR count). The maximum atomic E-state index is 12.2. The second-order valence-corrected chi connectivity index (χ2v) is 6.88. The normalized spacial score (nSPS) is 15.4. The molecule has 0 radical (unpaired) electrons. The summed E-state index contributed by atoms with van der Waals surface area (Å²) >= 11 is 0. The SMILES string of the molecule is C.C[C@@H](O)[C@H](NC(=O)c1ccc(CNCCCN2CCCC2=O)cc1)C(=O)NO.